The largest absolute Gasteiger partial charge is 0.493 e. The summed E-state index contributed by atoms with van der Waals surface area (Å²) in [6.45, 7) is 2.73. The predicted molar refractivity (Wildman–Crippen MR) is 90.9 cm³/mol. The van der Waals surface area contributed by atoms with E-state index in [1.807, 2.05) is 0 Å². The highest BCUT2D eigenvalue weighted by atomic mass is 35.5. The highest BCUT2D eigenvalue weighted by molar-refractivity contribution is 5.92. The van der Waals surface area contributed by atoms with E-state index < -0.39 is 5.91 Å². The van der Waals surface area contributed by atoms with Crippen LogP contribution in [0.1, 0.15) is 23.2 Å². The first-order valence-corrected chi connectivity index (χ1v) is 7.33. The molecule has 2 amide bonds. The molecule has 0 saturated heterocycles. The Kier molecular flexibility index (Phi) is 8.15. The molecule has 0 unspecified atom stereocenters. The molecule has 0 aliphatic carbocycles. The van der Waals surface area contributed by atoms with Crippen molar-refractivity contribution in [1.29, 1.82) is 0 Å². The molecule has 1 aliphatic rings. The first kappa shape index (κ1) is 19.0. The fourth-order valence-corrected chi connectivity index (χ4v) is 2.11. The summed E-state index contributed by atoms with van der Waals surface area (Å²) in [7, 11) is 0. The third-order valence-corrected chi connectivity index (χ3v) is 3.41. The second kappa shape index (κ2) is 9.86. The lowest BCUT2D eigenvalue weighted by Gasteiger charge is -2.14. The van der Waals surface area contributed by atoms with Gasteiger partial charge in [-0.2, -0.15) is 0 Å². The lowest BCUT2D eigenvalue weighted by Crippen LogP contribution is -2.30. The zero-order valence-electron chi connectivity index (χ0n) is 12.8. The van der Waals surface area contributed by atoms with E-state index in [2.05, 4.69) is 16.7 Å². The fraction of sp³-hybridized carbons (Fsp3) is 0.375. The van der Waals surface area contributed by atoms with Crippen molar-refractivity contribution in [3.05, 3.63) is 41.5 Å². The van der Waals surface area contributed by atoms with Crippen LogP contribution >= 0.6 is 12.4 Å². The van der Waals surface area contributed by atoms with Gasteiger partial charge in [0.15, 0.2) is 0 Å². The number of carbonyl (C=O) groups excluding carboxylic acids is 2. The first-order valence-electron chi connectivity index (χ1n) is 7.33. The molecule has 23 heavy (non-hydrogen) atoms. The SMILES string of the molecule is Cl.NC(=O)c1ccc(OCCC(=O)NCC2=CCNCC2)cc1. The van der Waals surface area contributed by atoms with Crippen LogP contribution in [0.15, 0.2) is 35.9 Å². The summed E-state index contributed by atoms with van der Waals surface area (Å²) >= 11 is 0. The smallest absolute Gasteiger partial charge is 0.248 e. The average Bonchev–Trinajstić information content (AvgIpc) is 2.54. The minimum atomic E-state index is -0.474. The average molecular weight is 340 g/mol. The molecule has 0 spiro atoms. The van der Waals surface area contributed by atoms with E-state index in [4.69, 9.17) is 10.5 Å². The molecule has 0 atom stereocenters. The maximum absolute atomic E-state index is 11.7. The Balaban J connectivity index is 0.00000264. The van der Waals surface area contributed by atoms with Gasteiger partial charge in [-0.3, -0.25) is 9.59 Å². The Morgan fingerprint density at radius 3 is 2.61 bits per heavy atom. The Morgan fingerprint density at radius 1 is 1.26 bits per heavy atom. The molecule has 1 aromatic rings. The lowest BCUT2D eigenvalue weighted by molar-refractivity contribution is -0.121. The highest BCUT2D eigenvalue weighted by Crippen LogP contribution is 2.12. The summed E-state index contributed by atoms with van der Waals surface area (Å²) in [5, 5.41) is 6.11. The van der Waals surface area contributed by atoms with E-state index in [-0.39, 0.29) is 18.3 Å². The van der Waals surface area contributed by atoms with Crippen LogP contribution < -0.4 is 21.1 Å². The maximum atomic E-state index is 11.7. The van der Waals surface area contributed by atoms with Crippen molar-refractivity contribution in [3.63, 3.8) is 0 Å². The summed E-state index contributed by atoms with van der Waals surface area (Å²) < 4.78 is 5.47. The molecule has 0 bridgehead atoms. The number of carbonyl (C=O) groups is 2. The van der Waals surface area contributed by atoms with Crippen molar-refractivity contribution < 1.29 is 14.3 Å². The quantitative estimate of drug-likeness (QED) is 0.646. The Morgan fingerprint density at radius 2 is 2.00 bits per heavy atom. The van der Waals surface area contributed by atoms with Crippen molar-refractivity contribution in [2.75, 3.05) is 26.2 Å². The number of ether oxygens (including phenoxy) is 1. The predicted octanol–water partition coefficient (Wildman–Crippen LogP) is 1.01. The number of nitrogens with two attached hydrogens (primary N) is 1. The van der Waals surface area contributed by atoms with Crippen LogP contribution in [0.25, 0.3) is 0 Å². The van der Waals surface area contributed by atoms with Crippen molar-refractivity contribution >= 4 is 24.2 Å². The number of primary amides is 1. The molecule has 0 saturated carbocycles. The van der Waals surface area contributed by atoms with Gasteiger partial charge in [0.1, 0.15) is 5.75 Å². The summed E-state index contributed by atoms with van der Waals surface area (Å²) in [6, 6.07) is 6.53. The number of amides is 2. The van der Waals surface area contributed by atoms with E-state index in [1.54, 1.807) is 24.3 Å². The van der Waals surface area contributed by atoms with Crippen LogP contribution in [-0.2, 0) is 4.79 Å². The standard InChI is InChI=1S/C16H21N3O3.ClH/c17-16(21)13-1-3-14(4-2-13)22-10-7-15(20)19-11-12-5-8-18-9-6-12;/h1-5,18H,6-11H2,(H2,17,21)(H,19,20);1H. The zero-order chi connectivity index (χ0) is 15.8. The summed E-state index contributed by atoms with van der Waals surface area (Å²) in [6.07, 6.45) is 3.38. The number of rotatable bonds is 7. The zero-order valence-corrected chi connectivity index (χ0v) is 13.7. The second-order valence-corrected chi connectivity index (χ2v) is 5.08. The van der Waals surface area contributed by atoms with E-state index in [1.165, 1.54) is 5.57 Å². The molecular formula is C16H22ClN3O3. The van der Waals surface area contributed by atoms with Crippen molar-refractivity contribution in [1.82, 2.24) is 10.6 Å². The molecule has 2 rings (SSSR count). The fourth-order valence-electron chi connectivity index (χ4n) is 2.11. The van der Waals surface area contributed by atoms with Crippen LogP contribution in [-0.4, -0.2) is 38.1 Å². The molecular weight excluding hydrogens is 318 g/mol. The molecule has 0 aromatic heterocycles. The molecule has 7 heteroatoms. The molecule has 1 heterocycles. The monoisotopic (exact) mass is 339 g/mol. The highest BCUT2D eigenvalue weighted by Gasteiger charge is 2.06. The van der Waals surface area contributed by atoms with Gasteiger partial charge in [0.2, 0.25) is 11.8 Å². The summed E-state index contributed by atoms with van der Waals surface area (Å²) in [5.41, 5.74) is 6.85. The summed E-state index contributed by atoms with van der Waals surface area (Å²) in [5.74, 6) is 0.102. The van der Waals surface area contributed by atoms with Crippen LogP contribution in [0.5, 0.6) is 5.75 Å². The second-order valence-electron chi connectivity index (χ2n) is 5.08. The van der Waals surface area contributed by atoms with E-state index in [0.717, 1.165) is 19.5 Å². The van der Waals surface area contributed by atoms with Crippen LogP contribution in [0.2, 0.25) is 0 Å². The van der Waals surface area contributed by atoms with Crippen molar-refractivity contribution in [2.24, 2.45) is 5.73 Å². The molecule has 4 N–H and O–H groups in total. The Hall–Kier alpha value is -2.05. The third kappa shape index (κ3) is 6.71. The number of nitrogens with one attached hydrogen (secondary N) is 2. The van der Waals surface area contributed by atoms with Gasteiger partial charge in [-0.15, -0.1) is 12.4 Å². The van der Waals surface area contributed by atoms with Gasteiger partial charge in [-0.25, -0.2) is 0 Å². The molecule has 0 radical (unpaired) electrons. The Labute approximate surface area is 141 Å². The maximum Gasteiger partial charge on any atom is 0.248 e. The number of hydrogen-bond acceptors (Lipinski definition) is 4. The van der Waals surface area contributed by atoms with Gasteiger partial charge in [0.25, 0.3) is 0 Å². The Bertz CT molecular complexity index is 558. The van der Waals surface area contributed by atoms with E-state index >= 15 is 0 Å². The van der Waals surface area contributed by atoms with E-state index in [9.17, 15) is 9.59 Å². The minimum Gasteiger partial charge on any atom is -0.493 e. The van der Waals surface area contributed by atoms with Crippen LogP contribution in [0, 0.1) is 0 Å². The summed E-state index contributed by atoms with van der Waals surface area (Å²) in [4.78, 5) is 22.7. The lowest BCUT2D eigenvalue weighted by atomic mass is 10.1. The van der Waals surface area contributed by atoms with Crippen molar-refractivity contribution in [3.8, 4) is 5.75 Å². The van der Waals surface area contributed by atoms with Gasteiger partial charge < -0.3 is 21.1 Å². The normalized spacial score (nSPS) is 13.5. The first-order chi connectivity index (χ1) is 10.6. The van der Waals surface area contributed by atoms with Gasteiger partial charge in [-0.05, 0) is 37.2 Å². The van der Waals surface area contributed by atoms with Crippen LogP contribution in [0.3, 0.4) is 0 Å². The topological polar surface area (TPSA) is 93.5 Å². The molecule has 1 aliphatic heterocycles. The van der Waals surface area contributed by atoms with Gasteiger partial charge in [-0.1, -0.05) is 11.6 Å². The third-order valence-electron chi connectivity index (χ3n) is 3.41. The van der Waals surface area contributed by atoms with Crippen LogP contribution in [0.4, 0.5) is 0 Å². The van der Waals surface area contributed by atoms with E-state index in [0.29, 0.717) is 30.9 Å². The minimum absolute atomic E-state index is 0. The van der Waals surface area contributed by atoms with Gasteiger partial charge >= 0.3 is 0 Å². The van der Waals surface area contributed by atoms with Gasteiger partial charge in [0, 0.05) is 18.7 Å². The number of halogens is 1. The number of benzene rings is 1. The molecule has 0 fully saturated rings. The van der Waals surface area contributed by atoms with Crippen molar-refractivity contribution in [2.45, 2.75) is 12.8 Å². The molecule has 6 nitrogen and oxygen atoms in total. The van der Waals surface area contributed by atoms with Gasteiger partial charge in [0.05, 0.1) is 13.0 Å². The molecule has 126 valence electrons. The molecule has 1 aromatic carbocycles. The number of hydrogen-bond donors (Lipinski definition) is 3.